The van der Waals surface area contributed by atoms with Crippen molar-refractivity contribution in [1.82, 2.24) is 29.2 Å². The summed E-state index contributed by atoms with van der Waals surface area (Å²) in [5.41, 5.74) is 5.14. The summed E-state index contributed by atoms with van der Waals surface area (Å²) in [6.07, 6.45) is 5.15. The van der Waals surface area contributed by atoms with Crippen molar-refractivity contribution in [3.05, 3.63) is 83.4 Å². The highest BCUT2D eigenvalue weighted by molar-refractivity contribution is 5.94. The van der Waals surface area contributed by atoms with E-state index in [0.29, 0.717) is 24.0 Å². The molecule has 0 aliphatic carbocycles. The fraction of sp³-hybridized carbons (Fsp3) is 0.459. The fourth-order valence-corrected chi connectivity index (χ4v) is 6.53. The number of hydrogen-bond donors (Lipinski definition) is 0. The monoisotopic (exact) mass is 636 g/mol. The van der Waals surface area contributed by atoms with Gasteiger partial charge >= 0.3 is 5.97 Å². The third-order valence-electron chi connectivity index (χ3n) is 9.15. The number of aromatic nitrogens is 5. The summed E-state index contributed by atoms with van der Waals surface area (Å²) in [7, 11) is 0. The highest BCUT2D eigenvalue weighted by atomic mass is 16.6. The molecule has 47 heavy (non-hydrogen) atoms. The second kappa shape index (κ2) is 13.1. The first-order chi connectivity index (χ1) is 22.7. The zero-order chi connectivity index (χ0) is 32.5. The summed E-state index contributed by atoms with van der Waals surface area (Å²) >= 11 is 0. The highest BCUT2D eigenvalue weighted by Crippen LogP contribution is 2.30. The lowest BCUT2D eigenvalue weighted by atomic mass is 9.93. The largest absolute Gasteiger partial charge is 0.473 e. The van der Waals surface area contributed by atoms with Crippen LogP contribution in [0.15, 0.2) is 60.8 Å². The quantitative estimate of drug-likeness (QED) is 0.160. The van der Waals surface area contributed by atoms with Crippen molar-refractivity contribution >= 4 is 27.9 Å². The Balaban J connectivity index is 1.00. The molecule has 5 heterocycles. The van der Waals surface area contributed by atoms with Gasteiger partial charge in [0.25, 0.3) is 0 Å². The zero-order valence-corrected chi connectivity index (χ0v) is 27.8. The Morgan fingerprint density at radius 2 is 1.83 bits per heavy atom. The molecule has 3 aromatic heterocycles. The molecule has 0 bridgehead atoms. The van der Waals surface area contributed by atoms with E-state index < -0.39 is 5.60 Å². The second-order valence-electron chi connectivity index (χ2n) is 13.7. The van der Waals surface area contributed by atoms with Crippen LogP contribution in [0.3, 0.4) is 0 Å². The number of hydrogen-bond acceptors (Lipinski definition) is 8. The maximum Gasteiger partial charge on any atom is 0.338 e. The Morgan fingerprint density at radius 1 is 1.00 bits per heavy atom. The molecule has 1 atom stereocenters. The van der Waals surface area contributed by atoms with Gasteiger partial charge in [-0.3, -0.25) is 9.58 Å². The van der Waals surface area contributed by atoms with Gasteiger partial charge in [0, 0.05) is 36.2 Å². The Labute approximate surface area is 275 Å². The van der Waals surface area contributed by atoms with Gasteiger partial charge in [0.2, 0.25) is 5.88 Å². The van der Waals surface area contributed by atoms with E-state index in [4.69, 9.17) is 24.2 Å². The average Bonchev–Trinajstić information content (AvgIpc) is 3.61. The van der Waals surface area contributed by atoms with Crippen LogP contribution in [0.5, 0.6) is 5.88 Å². The number of esters is 1. The van der Waals surface area contributed by atoms with E-state index in [0.717, 1.165) is 97.6 Å². The van der Waals surface area contributed by atoms with Crippen LogP contribution in [-0.2, 0) is 35.7 Å². The molecule has 0 saturated carbocycles. The molecule has 0 N–H and O–H groups in total. The molecule has 246 valence electrons. The van der Waals surface area contributed by atoms with Gasteiger partial charge in [0.15, 0.2) is 0 Å². The van der Waals surface area contributed by atoms with E-state index in [1.54, 1.807) is 0 Å². The summed E-state index contributed by atoms with van der Waals surface area (Å²) in [6, 6.07) is 18.1. The maximum atomic E-state index is 12.9. The van der Waals surface area contributed by atoms with Crippen molar-refractivity contribution in [1.29, 1.82) is 0 Å². The van der Waals surface area contributed by atoms with Crippen molar-refractivity contribution in [2.75, 3.05) is 19.7 Å². The number of likely N-dealkylation sites (tertiary alicyclic amines) is 1. The molecule has 2 aliphatic rings. The van der Waals surface area contributed by atoms with E-state index >= 15 is 0 Å². The SMILES string of the molecule is CCn1ncc2ccc(COc3cccc(C4CCN(Cc5nc6ccc(C(=O)OC(C)(C)C)cc6n5C[C@@H]5CCO5)CC4)n3)cc21. The Hall–Kier alpha value is -4.28. The van der Waals surface area contributed by atoms with Gasteiger partial charge in [-0.1, -0.05) is 18.2 Å². The number of rotatable bonds is 10. The topological polar surface area (TPSA) is 96.5 Å². The molecule has 5 aromatic rings. The molecule has 10 nitrogen and oxygen atoms in total. The maximum absolute atomic E-state index is 12.9. The number of fused-ring (bicyclic) bond motifs is 2. The van der Waals surface area contributed by atoms with E-state index in [9.17, 15) is 4.79 Å². The first kappa shape index (κ1) is 31.3. The molecule has 0 amide bonds. The lowest BCUT2D eigenvalue weighted by molar-refractivity contribution is -0.0592. The van der Waals surface area contributed by atoms with Crippen molar-refractivity contribution in [2.45, 2.75) is 90.8 Å². The molecule has 2 aliphatic heterocycles. The molecular weight excluding hydrogens is 592 g/mol. The fourth-order valence-electron chi connectivity index (χ4n) is 6.53. The van der Waals surface area contributed by atoms with E-state index in [2.05, 4.69) is 51.8 Å². The molecular formula is C37H44N6O4. The van der Waals surface area contributed by atoms with Crippen molar-refractivity contribution in [3.63, 3.8) is 0 Å². The molecule has 10 heteroatoms. The number of piperidine rings is 1. The Kier molecular flexibility index (Phi) is 8.72. The highest BCUT2D eigenvalue weighted by Gasteiger charge is 2.27. The predicted octanol–water partition coefficient (Wildman–Crippen LogP) is 6.50. The van der Waals surface area contributed by atoms with Crippen LogP contribution in [0.4, 0.5) is 0 Å². The van der Waals surface area contributed by atoms with Crippen LogP contribution in [0.2, 0.25) is 0 Å². The lowest BCUT2D eigenvalue weighted by Crippen LogP contribution is -2.35. The van der Waals surface area contributed by atoms with Gasteiger partial charge in [0.05, 0.1) is 47.5 Å². The van der Waals surface area contributed by atoms with Gasteiger partial charge in [-0.2, -0.15) is 5.10 Å². The number of ether oxygens (including phenoxy) is 3. The van der Waals surface area contributed by atoms with Crippen LogP contribution in [0.1, 0.15) is 80.3 Å². The van der Waals surface area contributed by atoms with Crippen molar-refractivity contribution in [2.24, 2.45) is 0 Å². The number of benzene rings is 2. The summed E-state index contributed by atoms with van der Waals surface area (Å²) in [4.78, 5) is 25.3. The van der Waals surface area contributed by atoms with Crippen LogP contribution < -0.4 is 4.74 Å². The predicted molar refractivity (Wildman–Crippen MR) is 180 cm³/mol. The van der Waals surface area contributed by atoms with E-state index in [1.165, 1.54) is 0 Å². The van der Waals surface area contributed by atoms with Crippen molar-refractivity contribution in [3.8, 4) is 5.88 Å². The number of carbonyl (C=O) groups excluding carboxylic acids is 1. The molecule has 0 radical (unpaired) electrons. The standard InChI is InChI=1S/C37H44N6O4/c1-5-43-32-19-25(9-10-28(32)21-38-43)24-46-35-8-6-7-30(40-35)26-13-16-41(17-14-26)23-34-39-31-12-11-27(36(44)47-37(2,3)4)20-33(31)42(34)22-29-15-18-45-29/h6-12,19-21,26,29H,5,13-18,22-24H2,1-4H3/t29-/m0/s1. The average molecular weight is 637 g/mol. The number of nitrogens with zero attached hydrogens (tertiary/aromatic N) is 6. The van der Waals surface area contributed by atoms with E-state index in [-0.39, 0.29) is 12.1 Å². The molecule has 2 fully saturated rings. The van der Waals surface area contributed by atoms with Gasteiger partial charge in [-0.15, -0.1) is 0 Å². The first-order valence-corrected chi connectivity index (χ1v) is 16.8. The molecule has 7 rings (SSSR count). The lowest BCUT2D eigenvalue weighted by Gasteiger charge is -2.32. The minimum atomic E-state index is -0.553. The third kappa shape index (κ3) is 7.04. The second-order valence-corrected chi connectivity index (χ2v) is 13.7. The molecule has 0 spiro atoms. The molecule has 2 saturated heterocycles. The van der Waals surface area contributed by atoms with Gasteiger partial charge in [-0.05, 0) is 95.9 Å². The Bertz CT molecular complexity index is 1880. The minimum Gasteiger partial charge on any atom is -0.473 e. The molecule has 0 unspecified atom stereocenters. The van der Waals surface area contributed by atoms with Gasteiger partial charge in [0.1, 0.15) is 18.0 Å². The summed E-state index contributed by atoms with van der Waals surface area (Å²) in [6.45, 7) is 13.2. The van der Waals surface area contributed by atoms with Crippen LogP contribution >= 0.6 is 0 Å². The Morgan fingerprint density at radius 3 is 2.57 bits per heavy atom. The smallest absolute Gasteiger partial charge is 0.338 e. The normalized spacial score (nSPS) is 17.7. The van der Waals surface area contributed by atoms with Crippen LogP contribution in [0.25, 0.3) is 21.9 Å². The van der Waals surface area contributed by atoms with Crippen LogP contribution in [-0.4, -0.2) is 66.6 Å². The van der Waals surface area contributed by atoms with Gasteiger partial charge in [-0.25, -0.2) is 14.8 Å². The summed E-state index contributed by atoms with van der Waals surface area (Å²) < 4.78 is 21.9. The van der Waals surface area contributed by atoms with Crippen molar-refractivity contribution < 1.29 is 19.0 Å². The van der Waals surface area contributed by atoms with E-state index in [1.807, 2.05) is 55.9 Å². The number of carbonyl (C=O) groups is 1. The number of pyridine rings is 1. The minimum absolute atomic E-state index is 0.172. The van der Waals surface area contributed by atoms with Gasteiger partial charge < -0.3 is 18.8 Å². The first-order valence-electron chi connectivity index (χ1n) is 16.8. The zero-order valence-electron chi connectivity index (χ0n) is 27.8. The number of aryl methyl sites for hydroxylation is 1. The third-order valence-corrected chi connectivity index (χ3v) is 9.15. The summed E-state index contributed by atoms with van der Waals surface area (Å²) in [5, 5.41) is 5.59. The van der Waals surface area contributed by atoms with Crippen LogP contribution in [0, 0.1) is 0 Å². The number of imidazole rings is 1. The molecule has 2 aromatic carbocycles. The summed E-state index contributed by atoms with van der Waals surface area (Å²) in [5.74, 6) is 1.72.